The van der Waals surface area contributed by atoms with Crippen molar-refractivity contribution in [2.24, 2.45) is 5.73 Å². The summed E-state index contributed by atoms with van der Waals surface area (Å²) in [5.74, 6) is 0.0996. The average molecular weight is 284 g/mol. The molecule has 0 bridgehead atoms. The number of nitrogen functional groups attached to an aromatic ring is 1. The standard InChI is InChI=1S/C5H4Br2N2S/c6-2-1-3(7)10-4(2)5(8)9/h1H,(H3,8,9). The molecule has 2 nitrogen and oxygen atoms in total. The summed E-state index contributed by atoms with van der Waals surface area (Å²) in [4.78, 5) is 0.770. The predicted molar refractivity (Wildman–Crippen MR) is 50.7 cm³/mol. The summed E-state index contributed by atoms with van der Waals surface area (Å²) >= 11 is 8.01. The largest absolute Gasteiger partial charge is 0.383 e. The van der Waals surface area contributed by atoms with E-state index in [1.54, 1.807) is 0 Å². The van der Waals surface area contributed by atoms with Crippen molar-refractivity contribution < 1.29 is 0 Å². The summed E-state index contributed by atoms with van der Waals surface area (Å²) in [5.41, 5.74) is 5.27. The second-order valence-corrected chi connectivity index (χ2v) is 4.93. The molecular formula is C5H4Br2N2S. The Morgan fingerprint density at radius 2 is 2.20 bits per heavy atom. The number of thiophene rings is 1. The molecule has 5 heteroatoms. The van der Waals surface area contributed by atoms with Crippen molar-refractivity contribution in [1.82, 2.24) is 0 Å². The molecular weight excluding hydrogens is 280 g/mol. The summed E-state index contributed by atoms with van der Waals surface area (Å²) in [5, 5.41) is 7.13. The smallest absolute Gasteiger partial charge is 0.134 e. The van der Waals surface area contributed by atoms with Crippen LogP contribution in [0, 0.1) is 5.41 Å². The van der Waals surface area contributed by atoms with Gasteiger partial charge in [-0.05, 0) is 37.9 Å². The second-order valence-electron chi connectivity index (χ2n) is 1.64. The lowest BCUT2D eigenvalue weighted by molar-refractivity contribution is 1.45. The molecule has 0 spiro atoms. The quantitative estimate of drug-likeness (QED) is 0.604. The highest BCUT2D eigenvalue weighted by Crippen LogP contribution is 2.30. The lowest BCUT2D eigenvalue weighted by Crippen LogP contribution is -2.08. The molecule has 0 aliphatic carbocycles. The van der Waals surface area contributed by atoms with Crippen LogP contribution in [0.25, 0.3) is 0 Å². The molecule has 0 aliphatic rings. The molecule has 1 aromatic heterocycles. The van der Waals surface area contributed by atoms with Gasteiger partial charge < -0.3 is 5.73 Å². The van der Waals surface area contributed by atoms with Gasteiger partial charge in [0.1, 0.15) is 5.84 Å². The third-order valence-corrected chi connectivity index (χ3v) is 3.46. The van der Waals surface area contributed by atoms with E-state index >= 15 is 0 Å². The first-order valence-corrected chi connectivity index (χ1v) is 4.80. The highest BCUT2D eigenvalue weighted by atomic mass is 79.9. The summed E-state index contributed by atoms with van der Waals surface area (Å²) in [7, 11) is 0. The summed E-state index contributed by atoms with van der Waals surface area (Å²) < 4.78 is 1.85. The fourth-order valence-electron chi connectivity index (χ4n) is 0.525. The van der Waals surface area contributed by atoms with Gasteiger partial charge in [-0.15, -0.1) is 11.3 Å². The van der Waals surface area contributed by atoms with Gasteiger partial charge >= 0.3 is 0 Å². The van der Waals surface area contributed by atoms with Crippen LogP contribution in [0.5, 0.6) is 0 Å². The first-order valence-electron chi connectivity index (χ1n) is 2.40. The number of hydrogen-bond donors (Lipinski definition) is 2. The van der Waals surface area contributed by atoms with Crippen LogP contribution >= 0.6 is 43.2 Å². The monoisotopic (exact) mass is 282 g/mol. The summed E-state index contributed by atoms with van der Waals surface area (Å²) in [6.07, 6.45) is 0. The van der Waals surface area contributed by atoms with Crippen molar-refractivity contribution in [3.05, 3.63) is 19.2 Å². The third kappa shape index (κ3) is 1.59. The van der Waals surface area contributed by atoms with Gasteiger partial charge in [-0.3, -0.25) is 5.41 Å². The molecule has 0 amide bonds. The molecule has 0 fully saturated rings. The van der Waals surface area contributed by atoms with E-state index in [1.165, 1.54) is 11.3 Å². The zero-order chi connectivity index (χ0) is 7.72. The summed E-state index contributed by atoms with van der Waals surface area (Å²) in [6.45, 7) is 0. The Morgan fingerprint density at radius 1 is 1.60 bits per heavy atom. The van der Waals surface area contributed by atoms with Gasteiger partial charge in [0.05, 0.1) is 8.66 Å². The summed E-state index contributed by atoms with van der Waals surface area (Å²) in [6, 6.07) is 1.88. The second kappa shape index (κ2) is 3.02. The van der Waals surface area contributed by atoms with Crippen molar-refractivity contribution in [1.29, 1.82) is 5.41 Å². The van der Waals surface area contributed by atoms with E-state index in [-0.39, 0.29) is 5.84 Å². The van der Waals surface area contributed by atoms with Crippen molar-refractivity contribution in [2.45, 2.75) is 0 Å². The molecule has 10 heavy (non-hydrogen) atoms. The van der Waals surface area contributed by atoms with Crippen molar-refractivity contribution in [2.75, 3.05) is 0 Å². The molecule has 0 saturated heterocycles. The van der Waals surface area contributed by atoms with Gasteiger partial charge in [0.25, 0.3) is 0 Å². The molecule has 0 aromatic carbocycles. The van der Waals surface area contributed by atoms with E-state index in [9.17, 15) is 0 Å². The lowest BCUT2D eigenvalue weighted by Gasteiger charge is -1.89. The van der Waals surface area contributed by atoms with Crippen LogP contribution in [0.1, 0.15) is 4.88 Å². The molecule has 0 radical (unpaired) electrons. The third-order valence-electron chi connectivity index (χ3n) is 0.901. The Hall–Kier alpha value is 0.130. The minimum absolute atomic E-state index is 0.0996. The number of nitrogens with one attached hydrogen (secondary N) is 1. The van der Waals surface area contributed by atoms with Crippen molar-refractivity contribution in [3.63, 3.8) is 0 Å². The highest BCUT2D eigenvalue weighted by Gasteiger charge is 2.06. The molecule has 54 valence electrons. The normalized spacial score (nSPS) is 9.80. The highest BCUT2D eigenvalue weighted by molar-refractivity contribution is 9.11. The Labute approximate surface area is 79.2 Å². The van der Waals surface area contributed by atoms with E-state index in [4.69, 9.17) is 11.1 Å². The maximum atomic E-state index is 7.13. The predicted octanol–water partition coefficient (Wildman–Crippen LogP) is 2.56. The van der Waals surface area contributed by atoms with Crippen LogP contribution in [0.4, 0.5) is 0 Å². The van der Waals surface area contributed by atoms with Gasteiger partial charge in [-0.25, -0.2) is 0 Å². The number of hydrogen-bond acceptors (Lipinski definition) is 2. The van der Waals surface area contributed by atoms with Gasteiger partial charge in [-0.1, -0.05) is 0 Å². The SMILES string of the molecule is N=C(N)c1sc(Br)cc1Br. The van der Waals surface area contributed by atoms with E-state index < -0.39 is 0 Å². The van der Waals surface area contributed by atoms with Crippen LogP contribution in [0.15, 0.2) is 14.3 Å². The van der Waals surface area contributed by atoms with E-state index in [2.05, 4.69) is 31.9 Å². The molecule has 3 N–H and O–H groups in total. The molecule has 0 saturated carbocycles. The maximum Gasteiger partial charge on any atom is 0.134 e. The van der Waals surface area contributed by atoms with Gasteiger partial charge in [-0.2, -0.15) is 0 Å². The molecule has 1 heterocycles. The van der Waals surface area contributed by atoms with E-state index in [1.807, 2.05) is 6.07 Å². The number of halogens is 2. The fourth-order valence-corrected chi connectivity index (χ4v) is 3.02. The molecule has 1 rings (SSSR count). The van der Waals surface area contributed by atoms with Crippen LogP contribution < -0.4 is 5.73 Å². The van der Waals surface area contributed by atoms with Crippen molar-refractivity contribution in [3.8, 4) is 0 Å². The van der Waals surface area contributed by atoms with Crippen LogP contribution in [-0.4, -0.2) is 5.84 Å². The Kier molecular flexibility index (Phi) is 2.49. The Morgan fingerprint density at radius 3 is 2.40 bits per heavy atom. The number of rotatable bonds is 1. The van der Waals surface area contributed by atoms with E-state index in [0.717, 1.165) is 13.1 Å². The fraction of sp³-hybridized carbons (Fsp3) is 0. The minimum Gasteiger partial charge on any atom is -0.383 e. The zero-order valence-corrected chi connectivity index (χ0v) is 8.81. The van der Waals surface area contributed by atoms with Crippen molar-refractivity contribution >= 4 is 49.0 Å². The number of nitrogens with two attached hydrogens (primary N) is 1. The lowest BCUT2D eigenvalue weighted by atomic mass is 10.4. The van der Waals surface area contributed by atoms with Crippen LogP contribution in [0.2, 0.25) is 0 Å². The topological polar surface area (TPSA) is 49.9 Å². The van der Waals surface area contributed by atoms with Gasteiger partial charge in [0.2, 0.25) is 0 Å². The van der Waals surface area contributed by atoms with Gasteiger partial charge in [0.15, 0.2) is 0 Å². The maximum absolute atomic E-state index is 7.13. The zero-order valence-electron chi connectivity index (χ0n) is 4.82. The first-order chi connectivity index (χ1) is 4.61. The van der Waals surface area contributed by atoms with Gasteiger partial charge in [0, 0.05) is 4.47 Å². The van der Waals surface area contributed by atoms with E-state index in [0.29, 0.717) is 0 Å². The molecule has 0 aliphatic heterocycles. The Bertz CT molecular complexity index is 269. The van der Waals surface area contributed by atoms with Crippen LogP contribution in [-0.2, 0) is 0 Å². The average Bonchev–Trinajstić information content (AvgIpc) is 2.10. The van der Waals surface area contributed by atoms with Crippen LogP contribution in [0.3, 0.4) is 0 Å². The number of amidine groups is 1. The first kappa shape index (κ1) is 8.23. The Balaban J connectivity index is 3.15. The molecule has 1 aromatic rings. The minimum atomic E-state index is 0.0996. The molecule has 0 unspecified atom stereocenters. The molecule has 0 atom stereocenters.